The van der Waals surface area contributed by atoms with Gasteiger partial charge in [0.05, 0.1) is 5.60 Å². The highest BCUT2D eigenvalue weighted by atomic mass is 16.3. The summed E-state index contributed by atoms with van der Waals surface area (Å²) < 4.78 is 1.92. The van der Waals surface area contributed by atoms with Crippen LogP contribution in [0.25, 0.3) is 21.8 Å². The maximum atomic E-state index is 14.2. The molecular formula is C30H42N6O2. The highest BCUT2D eigenvalue weighted by molar-refractivity contribution is 6.04. The van der Waals surface area contributed by atoms with Crippen molar-refractivity contribution in [1.29, 1.82) is 0 Å². The Balaban J connectivity index is 1.37. The average Bonchev–Trinajstić information content (AvgIpc) is 3.73. The van der Waals surface area contributed by atoms with E-state index < -0.39 is 5.60 Å². The smallest absolute Gasteiger partial charge is 0.260 e. The Labute approximate surface area is 225 Å². The zero-order valence-electron chi connectivity index (χ0n) is 23.1. The maximum Gasteiger partial charge on any atom is 0.260 e. The van der Waals surface area contributed by atoms with Crippen molar-refractivity contribution in [3.8, 4) is 0 Å². The van der Waals surface area contributed by atoms with E-state index in [-0.39, 0.29) is 11.6 Å². The first-order valence-corrected chi connectivity index (χ1v) is 14.5. The third-order valence-electron chi connectivity index (χ3n) is 9.01. The summed E-state index contributed by atoms with van der Waals surface area (Å²) in [4.78, 5) is 28.7. The van der Waals surface area contributed by atoms with E-state index in [1.807, 2.05) is 17.7 Å². The molecule has 1 aromatic carbocycles. The average molecular weight is 519 g/mol. The molecule has 8 heteroatoms. The second-order valence-corrected chi connectivity index (χ2v) is 12.4. The molecule has 3 aromatic rings. The summed E-state index contributed by atoms with van der Waals surface area (Å²) in [7, 11) is 0. The van der Waals surface area contributed by atoms with Gasteiger partial charge in [-0.15, -0.1) is 0 Å². The van der Waals surface area contributed by atoms with Gasteiger partial charge in [-0.25, -0.2) is 4.98 Å². The Morgan fingerprint density at radius 1 is 1.05 bits per heavy atom. The van der Waals surface area contributed by atoms with Crippen molar-refractivity contribution in [2.75, 3.05) is 38.0 Å². The van der Waals surface area contributed by atoms with E-state index >= 15 is 0 Å². The van der Waals surface area contributed by atoms with Crippen LogP contribution in [-0.2, 0) is 6.54 Å². The molecule has 8 nitrogen and oxygen atoms in total. The van der Waals surface area contributed by atoms with Crippen LogP contribution in [0.4, 0.5) is 5.95 Å². The normalized spacial score (nSPS) is 25.4. The summed E-state index contributed by atoms with van der Waals surface area (Å²) in [5, 5.41) is 16.6. The minimum absolute atomic E-state index is 0.0218. The molecule has 0 amide bonds. The van der Waals surface area contributed by atoms with Gasteiger partial charge >= 0.3 is 0 Å². The lowest BCUT2D eigenvalue weighted by molar-refractivity contribution is 0.0100. The number of aromatic nitrogens is 3. The van der Waals surface area contributed by atoms with Gasteiger partial charge < -0.3 is 10.4 Å². The molecular weight excluding hydrogens is 476 g/mol. The minimum atomic E-state index is -0.661. The molecule has 2 saturated carbocycles. The standard InChI is InChI=1S/C30H42N6O2/c1-20(2)35-14-12-34(13-15-35)19-22-6-7-24-25(16-22)28(37)36(23-8-10-30(3,38)11-9-23)27-26(24)18-32-29(33-27)31-17-21-4-5-21/h6-7,16,18,20-21,23,38H,4-5,8-15,17,19H2,1-3H3,(H,31,32,33)/t23-,30-. The molecule has 38 heavy (non-hydrogen) atoms. The van der Waals surface area contributed by atoms with Gasteiger partial charge in [-0.3, -0.25) is 19.2 Å². The Kier molecular flexibility index (Phi) is 6.91. The maximum absolute atomic E-state index is 14.2. The fraction of sp³-hybridized carbons (Fsp3) is 0.633. The van der Waals surface area contributed by atoms with Crippen LogP contribution in [0.5, 0.6) is 0 Å². The number of rotatable bonds is 7. The topological polar surface area (TPSA) is 86.5 Å². The number of piperazine rings is 1. The minimum Gasteiger partial charge on any atom is -0.390 e. The van der Waals surface area contributed by atoms with Crippen LogP contribution in [0.3, 0.4) is 0 Å². The lowest BCUT2D eigenvalue weighted by Gasteiger charge is -2.37. The van der Waals surface area contributed by atoms with Gasteiger partial charge in [-0.2, -0.15) is 4.98 Å². The van der Waals surface area contributed by atoms with Crippen molar-refractivity contribution in [3.05, 3.63) is 40.3 Å². The van der Waals surface area contributed by atoms with Crippen LogP contribution in [0, 0.1) is 5.92 Å². The molecule has 2 N–H and O–H groups in total. The molecule has 0 unspecified atom stereocenters. The first kappa shape index (κ1) is 25.7. The molecule has 3 fully saturated rings. The van der Waals surface area contributed by atoms with Crippen molar-refractivity contribution in [3.63, 3.8) is 0 Å². The molecule has 2 aliphatic carbocycles. The summed E-state index contributed by atoms with van der Waals surface area (Å²) in [6, 6.07) is 6.96. The molecule has 0 radical (unpaired) electrons. The predicted molar refractivity (Wildman–Crippen MR) is 153 cm³/mol. The van der Waals surface area contributed by atoms with Gasteiger partial charge in [0, 0.05) is 68.3 Å². The molecule has 3 aliphatic rings. The van der Waals surface area contributed by atoms with E-state index in [0.717, 1.165) is 68.3 Å². The third-order valence-corrected chi connectivity index (χ3v) is 9.01. The monoisotopic (exact) mass is 518 g/mol. The number of fused-ring (bicyclic) bond motifs is 3. The number of benzene rings is 1. The number of aliphatic hydroxyl groups is 1. The molecule has 1 aliphatic heterocycles. The first-order valence-electron chi connectivity index (χ1n) is 14.5. The van der Waals surface area contributed by atoms with Crippen LogP contribution < -0.4 is 10.9 Å². The van der Waals surface area contributed by atoms with E-state index in [9.17, 15) is 9.90 Å². The number of hydrogen-bond acceptors (Lipinski definition) is 7. The zero-order chi connectivity index (χ0) is 26.4. The Morgan fingerprint density at radius 3 is 2.47 bits per heavy atom. The van der Waals surface area contributed by atoms with Gasteiger partial charge in [-0.1, -0.05) is 12.1 Å². The number of anilines is 1. The summed E-state index contributed by atoms with van der Waals surface area (Å²) >= 11 is 0. The highest BCUT2D eigenvalue weighted by Gasteiger charge is 2.31. The van der Waals surface area contributed by atoms with Gasteiger partial charge in [0.2, 0.25) is 5.95 Å². The molecule has 3 heterocycles. The molecule has 204 valence electrons. The highest BCUT2D eigenvalue weighted by Crippen LogP contribution is 2.36. The fourth-order valence-electron chi connectivity index (χ4n) is 6.23. The SMILES string of the molecule is CC(C)N1CCN(Cc2ccc3c(c2)c(=O)n([C@H]2CC[C@](C)(O)CC2)c2nc(NCC4CC4)ncc32)CC1. The van der Waals surface area contributed by atoms with Gasteiger partial charge in [0.1, 0.15) is 5.65 Å². The van der Waals surface area contributed by atoms with Gasteiger partial charge in [0.15, 0.2) is 0 Å². The lowest BCUT2D eigenvalue weighted by atomic mass is 9.83. The van der Waals surface area contributed by atoms with E-state index in [2.05, 4.69) is 52.1 Å². The molecule has 1 saturated heterocycles. The van der Waals surface area contributed by atoms with Crippen LogP contribution >= 0.6 is 0 Å². The molecule has 0 bridgehead atoms. The summed E-state index contributed by atoms with van der Waals surface area (Å²) in [5.74, 6) is 1.30. The van der Waals surface area contributed by atoms with E-state index in [1.165, 1.54) is 18.4 Å². The predicted octanol–water partition coefficient (Wildman–Crippen LogP) is 4.16. The van der Waals surface area contributed by atoms with Crippen molar-refractivity contribution < 1.29 is 5.11 Å². The van der Waals surface area contributed by atoms with E-state index in [1.54, 1.807) is 0 Å². The van der Waals surface area contributed by atoms with Gasteiger partial charge in [0.25, 0.3) is 5.56 Å². The summed E-state index contributed by atoms with van der Waals surface area (Å²) in [6.45, 7) is 12.4. The summed E-state index contributed by atoms with van der Waals surface area (Å²) in [6.07, 6.45) is 7.30. The van der Waals surface area contributed by atoms with Crippen molar-refractivity contribution in [2.45, 2.75) is 83.5 Å². The first-order chi connectivity index (χ1) is 18.3. The second-order valence-electron chi connectivity index (χ2n) is 12.4. The Hall–Kier alpha value is -2.55. The number of pyridine rings is 1. The van der Waals surface area contributed by atoms with Crippen molar-refractivity contribution >= 4 is 27.8 Å². The fourth-order valence-corrected chi connectivity index (χ4v) is 6.23. The molecule has 0 spiro atoms. The number of nitrogens with zero attached hydrogens (tertiary/aromatic N) is 5. The van der Waals surface area contributed by atoms with Crippen molar-refractivity contribution in [1.82, 2.24) is 24.3 Å². The number of nitrogens with one attached hydrogen (secondary N) is 1. The van der Waals surface area contributed by atoms with E-state index in [4.69, 9.17) is 4.98 Å². The van der Waals surface area contributed by atoms with Crippen molar-refractivity contribution in [2.24, 2.45) is 5.92 Å². The lowest BCUT2D eigenvalue weighted by Crippen LogP contribution is -2.48. The second kappa shape index (κ2) is 10.2. The van der Waals surface area contributed by atoms with Gasteiger partial charge in [-0.05, 0) is 82.2 Å². The Morgan fingerprint density at radius 2 is 1.79 bits per heavy atom. The molecule has 0 atom stereocenters. The van der Waals surface area contributed by atoms with E-state index in [0.29, 0.717) is 36.4 Å². The quantitative estimate of drug-likeness (QED) is 0.454. The van der Waals surface area contributed by atoms with Crippen LogP contribution in [0.2, 0.25) is 0 Å². The molecule has 6 rings (SSSR count). The van der Waals surface area contributed by atoms with Crippen LogP contribution in [0.15, 0.2) is 29.2 Å². The largest absolute Gasteiger partial charge is 0.390 e. The Bertz CT molecular complexity index is 1360. The van der Waals surface area contributed by atoms with Crippen LogP contribution in [-0.4, -0.2) is 73.8 Å². The zero-order valence-corrected chi connectivity index (χ0v) is 23.1. The number of hydrogen-bond donors (Lipinski definition) is 2. The summed E-state index contributed by atoms with van der Waals surface area (Å²) in [5.41, 5.74) is 1.25. The molecule has 2 aromatic heterocycles. The van der Waals surface area contributed by atoms with Crippen LogP contribution in [0.1, 0.15) is 70.9 Å². The third kappa shape index (κ3) is 5.31.